The van der Waals surface area contributed by atoms with Crippen LogP contribution in [0.3, 0.4) is 0 Å². The Labute approximate surface area is 373 Å². The molecule has 0 aliphatic heterocycles. The van der Waals surface area contributed by atoms with E-state index >= 15 is 0 Å². The van der Waals surface area contributed by atoms with Crippen molar-refractivity contribution in [2.45, 2.75) is 105 Å². The summed E-state index contributed by atoms with van der Waals surface area (Å²) in [6.07, 6.45) is 23.1. The van der Waals surface area contributed by atoms with Crippen LogP contribution >= 0.6 is 24.8 Å². The molecule has 4 saturated carbocycles. The van der Waals surface area contributed by atoms with Crippen LogP contribution in [0, 0.1) is 60.6 Å². The normalized spacial score (nSPS) is 27.4. The number of rotatable bonds is 1. The minimum Gasteiger partial charge on any atom is -0.358 e. The van der Waals surface area contributed by atoms with Gasteiger partial charge in [0, 0.05) is 5.41 Å². The van der Waals surface area contributed by atoms with Crippen LogP contribution in [0.1, 0.15) is 121 Å². The number of benzene rings is 4. The van der Waals surface area contributed by atoms with Crippen LogP contribution in [0.2, 0.25) is 0 Å². The van der Waals surface area contributed by atoms with Crippen LogP contribution < -0.4 is 0 Å². The zero-order valence-electron chi connectivity index (χ0n) is 35.7. The minimum atomic E-state index is 0. The van der Waals surface area contributed by atoms with Crippen molar-refractivity contribution in [1.29, 1.82) is 0 Å². The van der Waals surface area contributed by atoms with Gasteiger partial charge in [-0.1, -0.05) is 102 Å². The Kier molecular flexibility index (Phi) is 13.7. The van der Waals surface area contributed by atoms with E-state index in [1.54, 1.807) is 12.0 Å². The molecule has 0 aromatic heterocycles. The van der Waals surface area contributed by atoms with Crippen molar-refractivity contribution in [3.05, 3.63) is 150 Å². The van der Waals surface area contributed by atoms with Crippen molar-refractivity contribution in [2.24, 2.45) is 35.0 Å². The van der Waals surface area contributed by atoms with Gasteiger partial charge in [0.25, 0.3) is 0 Å². The van der Waals surface area contributed by atoms with E-state index in [2.05, 4.69) is 139 Å². The van der Waals surface area contributed by atoms with Gasteiger partial charge in [-0.25, -0.2) is 11.6 Å². The SMILES string of the molecule is CC1=[C-]C(C)(C)c2cc3c(cc21)-c1cc2c(cc1C3)C(C)(C)C=C2C.CC1[C-]=CC(C2(C)C3CC4CC(C3)CC2C4)=C1.Cl.Cl.[CH2]=[Zr].[CH3-].[c-]1ccc2ccccc2c1. The smallest absolute Gasteiger partial charge is 0.0648 e. The molecular weight excluding hydrogens is 811 g/mol. The van der Waals surface area contributed by atoms with Crippen LogP contribution in [0.4, 0.5) is 0 Å². The molecule has 3 heteroatoms. The Morgan fingerprint density at radius 3 is 1.88 bits per heavy atom. The first kappa shape index (κ1) is 45.5. The largest absolute Gasteiger partial charge is 0.358 e. The summed E-state index contributed by atoms with van der Waals surface area (Å²) in [5.41, 5.74) is 16.7. The fourth-order valence-electron chi connectivity index (χ4n) is 11.9. The van der Waals surface area contributed by atoms with Crippen molar-refractivity contribution < 1.29 is 24.2 Å². The molecule has 8 aliphatic rings. The summed E-state index contributed by atoms with van der Waals surface area (Å²) in [7, 11) is 0. The molecule has 4 fully saturated rings. The van der Waals surface area contributed by atoms with Crippen molar-refractivity contribution in [2.75, 3.05) is 0 Å². The number of hydrogen-bond acceptors (Lipinski definition) is 0. The fourth-order valence-corrected chi connectivity index (χ4v) is 11.9. The Bertz CT molecular complexity index is 2080. The van der Waals surface area contributed by atoms with Gasteiger partial charge in [0.1, 0.15) is 0 Å². The first-order valence-corrected chi connectivity index (χ1v) is 22.2. The summed E-state index contributed by atoms with van der Waals surface area (Å²) in [6, 6.07) is 27.1. The summed E-state index contributed by atoms with van der Waals surface area (Å²) >= 11 is 1.30. The van der Waals surface area contributed by atoms with Crippen molar-refractivity contribution in [1.82, 2.24) is 0 Å². The predicted octanol–water partition coefficient (Wildman–Crippen LogP) is 14.7. The van der Waals surface area contributed by atoms with Crippen molar-refractivity contribution >= 4 is 50.9 Å². The molecule has 8 aliphatic carbocycles. The number of halogens is 2. The van der Waals surface area contributed by atoms with Gasteiger partial charge in [0.05, 0.1) is 0 Å². The summed E-state index contributed by atoms with van der Waals surface area (Å²) in [5.74, 6) is 4.68. The van der Waals surface area contributed by atoms with Crippen LogP contribution in [0.15, 0.2) is 90.5 Å². The van der Waals surface area contributed by atoms with E-state index in [4.69, 9.17) is 0 Å². The van der Waals surface area contributed by atoms with E-state index in [1.165, 1.54) is 116 Å². The van der Waals surface area contributed by atoms with Crippen molar-refractivity contribution in [3.63, 3.8) is 0 Å². The summed E-state index contributed by atoms with van der Waals surface area (Å²) < 4.78 is 3.34. The van der Waals surface area contributed by atoms with E-state index < -0.39 is 0 Å². The molecule has 0 saturated heterocycles. The molecule has 1 atom stereocenters. The quantitative estimate of drug-likeness (QED) is 0.147. The molecule has 0 amide bonds. The second-order valence-electron chi connectivity index (χ2n) is 18.8. The molecule has 0 N–H and O–H groups in total. The van der Waals surface area contributed by atoms with Crippen molar-refractivity contribution in [3.8, 4) is 11.1 Å². The average molecular weight is 873 g/mol. The number of fused-ring (bicyclic) bond motifs is 6. The maximum Gasteiger partial charge on any atom is -0.0648 e. The van der Waals surface area contributed by atoms with Crippen LogP contribution in [0.25, 0.3) is 33.0 Å². The fraction of sp³-hybridized carbons (Fsp3) is 0.407. The summed E-state index contributed by atoms with van der Waals surface area (Å²) in [5, 5.41) is 2.53. The van der Waals surface area contributed by atoms with Gasteiger partial charge in [-0.3, -0.25) is 12.2 Å². The number of allylic oxidation sites excluding steroid dienone is 8. The molecule has 0 nitrogen and oxygen atoms in total. The molecule has 300 valence electrons. The standard InChI is InChI=1S/C25H25.C17H23.C10H7.CH3.CH2.2ClH.Zr/c1-14-12-24(3,4)22-8-16-7-17-9-23-19(15(2)13-25(23,5)6)11-21(17)20(16)10-18(14)22;1-11-3-4-14(5-11)17(2)15-7-12-6-13(9-15)10-16(17)8-12;1-2-6-10-8-4-3-7-9(10)5-1;;;;;/h8-12H,7H2,1-6H3;4-5,11-13,15-16H,6-10H2,1-2H3;1-3,5-8H;1H3;1H2;2*1H;/q4*-1;;;;. The second-order valence-corrected chi connectivity index (χ2v) is 18.8. The summed E-state index contributed by atoms with van der Waals surface area (Å²) in [4.78, 5) is 0. The third-order valence-corrected chi connectivity index (χ3v) is 14.4. The van der Waals surface area contributed by atoms with E-state index in [-0.39, 0.29) is 43.1 Å². The maximum absolute atomic E-state index is 3.65. The zero-order chi connectivity index (χ0) is 38.2. The van der Waals surface area contributed by atoms with Gasteiger partial charge in [0.2, 0.25) is 0 Å². The Morgan fingerprint density at radius 1 is 0.719 bits per heavy atom. The topological polar surface area (TPSA) is 0 Å². The first-order chi connectivity index (χ1) is 25.8. The van der Waals surface area contributed by atoms with Gasteiger partial charge >= 0.3 is 28.4 Å². The maximum atomic E-state index is 3.65. The van der Waals surface area contributed by atoms with E-state index in [9.17, 15) is 0 Å². The predicted molar refractivity (Wildman–Crippen MR) is 248 cm³/mol. The first-order valence-electron chi connectivity index (χ1n) is 20.5. The molecule has 0 heterocycles. The summed E-state index contributed by atoms with van der Waals surface area (Å²) in [6.45, 7) is 18.5. The molecule has 4 aromatic rings. The van der Waals surface area contributed by atoms with Crippen LogP contribution in [-0.2, 0) is 41.5 Å². The van der Waals surface area contributed by atoms with E-state index in [1.807, 2.05) is 24.3 Å². The molecule has 0 radical (unpaired) electrons. The monoisotopic (exact) mass is 870 g/mol. The van der Waals surface area contributed by atoms with Crippen LogP contribution in [0.5, 0.6) is 0 Å². The number of hydrogen-bond donors (Lipinski definition) is 0. The molecule has 12 rings (SSSR count). The van der Waals surface area contributed by atoms with Gasteiger partial charge in [0.15, 0.2) is 0 Å². The van der Waals surface area contributed by atoms with Gasteiger partial charge in [-0.05, 0) is 114 Å². The second kappa shape index (κ2) is 17.2. The molecule has 57 heavy (non-hydrogen) atoms. The molecular formula is C54H62Cl2Zr-4. The third-order valence-electron chi connectivity index (χ3n) is 14.4. The Hall–Kier alpha value is -2.57. The molecule has 4 bridgehead atoms. The third kappa shape index (κ3) is 8.06. The van der Waals surface area contributed by atoms with E-state index in [0.717, 1.165) is 30.1 Å². The molecule has 4 aromatic carbocycles. The zero-order valence-corrected chi connectivity index (χ0v) is 39.8. The molecule has 1 unspecified atom stereocenters. The van der Waals surface area contributed by atoms with E-state index in [0.29, 0.717) is 11.3 Å². The van der Waals surface area contributed by atoms with Gasteiger partial charge < -0.3 is 7.43 Å². The van der Waals surface area contributed by atoms with Crippen LogP contribution in [-0.4, -0.2) is 4.21 Å². The van der Waals surface area contributed by atoms with Gasteiger partial charge in [-0.2, -0.15) is 41.5 Å². The minimum absolute atomic E-state index is 0. The Morgan fingerprint density at radius 2 is 1.30 bits per heavy atom. The molecule has 0 spiro atoms. The Balaban J connectivity index is 0.000000169. The average Bonchev–Trinajstić information content (AvgIpc) is 3.87. The van der Waals surface area contributed by atoms with Gasteiger partial charge in [-0.15, -0.1) is 53.3 Å².